The lowest BCUT2D eigenvalue weighted by Gasteiger charge is -2.36. The van der Waals surface area contributed by atoms with Gasteiger partial charge in [0.05, 0.1) is 36.6 Å². The summed E-state index contributed by atoms with van der Waals surface area (Å²) in [6.45, 7) is 2.73. The molecule has 11 heteroatoms. The first-order chi connectivity index (χ1) is 19.1. The Labute approximate surface area is 235 Å². The molecule has 40 heavy (non-hydrogen) atoms. The van der Waals surface area contributed by atoms with Gasteiger partial charge in [-0.25, -0.2) is 9.59 Å². The van der Waals surface area contributed by atoms with Crippen molar-refractivity contribution in [2.24, 2.45) is 0 Å². The van der Waals surface area contributed by atoms with E-state index in [1.807, 2.05) is 12.1 Å². The van der Waals surface area contributed by atoms with Gasteiger partial charge in [0.15, 0.2) is 0 Å². The van der Waals surface area contributed by atoms with Gasteiger partial charge in [-0.05, 0) is 47.5 Å². The SMILES string of the molecule is COC(=O)c1ccccc1NC(=O)N1CCN(C[C@@H](OCc2ccc(C(F)(F)F)cc2)c2ccc(Cl)cc2)CC1. The molecular weight excluding hydrogens is 547 g/mol. The van der Waals surface area contributed by atoms with E-state index in [9.17, 15) is 22.8 Å². The van der Waals surface area contributed by atoms with Crippen molar-refractivity contribution in [3.05, 3.63) is 100 Å². The number of carbonyl (C=O) groups is 2. The van der Waals surface area contributed by atoms with Crippen LogP contribution >= 0.6 is 11.6 Å². The molecule has 0 aliphatic carbocycles. The van der Waals surface area contributed by atoms with Crippen LogP contribution in [0.1, 0.15) is 33.2 Å². The Morgan fingerprint density at radius 2 is 1.60 bits per heavy atom. The average molecular weight is 576 g/mol. The first-order valence-corrected chi connectivity index (χ1v) is 13.0. The highest BCUT2D eigenvalue weighted by Gasteiger charge is 2.30. The lowest BCUT2D eigenvalue weighted by atomic mass is 10.1. The van der Waals surface area contributed by atoms with E-state index in [2.05, 4.69) is 10.2 Å². The lowest BCUT2D eigenvalue weighted by molar-refractivity contribution is -0.137. The summed E-state index contributed by atoms with van der Waals surface area (Å²) in [5.74, 6) is -0.537. The Morgan fingerprint density at radius 1 is 0.950 bits per heavy atom. The summed E-state index contributed by atoms with van der Waals surface area (Å²) >= 11 is 6.06. The second-order valence-electron chi connectivity index (χ2n) is 9.30. The number of carbonyl (C=O) groups excluding carboxylic acids is 2. The van der Waals surface area contributed by atoms with Crippen LogP contribution in [0.2, 0.25) is 5.02 Å². The zero-order chi connectivity index (χ0) is 28.7. The van der Waals surface area contributed by atoms with Gasteiger partial charge >= 0.3 is 18.2 Å². The molecule has 7 nitrogen and oxygen atoms in total. The number of ether oxygens (including phenoxy) is 2. The topological polar surface area (TPSA) is 71.1 Å². The average Bonchev–Trinajstić information content (AvgIpc) is 2.95. The highest BCUT2D eigenvalue weighted by Crippen LogP contribution is 2.30. The summed E-state index contributed by atoms with van der Waals surface area (Å²) in [4.78, 5) is 28.7. The zero-order valence-electron chi connectivity index (χ0n) is 21.8. The van der Waals surface area contributed by atoms with E-state index in [1.165, 1.54) is 19.2 Å². The lowest BCUT2D eigenvalue weighted by Crippen LogP contribution is -2.51. The van der Waals surface area contributed by atoms with Crippen LogP contribution in [0.15, 0.2) is 72.8 Å². The first-order valence-electron chi connectivity index (χ1n) is 12.6. The minimum Gasteiger partial charge on any atom is -0.465 e. The van der Waals surface area contributed by atoms with Crippen molar-refractivity contribution in [1.29, 1.82) is 0 Å². The maximum absolute atomic E-state index is 12.9. The molecule has 0 bridgehead atoms. The molecule has 1 N–H and O–H groups in total. The number of amides is 2. The van der Waals surface area contributed by atoms with Crippen LogP contribution in [-0.4, -0.2) is 61.6 Å². The number of halogens is 4. The van der Waals surface area contributed by atoms with Crippen LogP contribution in [0.25, 0.3) is 0 Å². The second-order valence-corrected chi connectivity index (χ2v) is 9.74. The fourth-order valence-electron chi connectivity index (χ4n) is 4.36. The quantitative estimate of drug-likeness (QED) is 0.321. The van der Waals surface area contributed by atoms with Gasteiger partial charge in [-0.1, -0.05) is 48.0 Å². The summed E-state index contributed by atoms with van der Waals surface area (Å²) in [7, 11) is 1.28. The molecule has 212 valence electrons. The van der Waals surface area contributed by atoms with E-state index in [0.717, 1.165) is 17.7 Å². The molecule has 2 amide bonds. The molecule has 1 fully saturated rings. The smallest absolute Gasteiger partial charge is 0.416 e. The molecule has 4 rings (SSSR count). The number of nitrogens with one attached hydrogen (secondary N) is 1. The number of benzene rings is 3. The van der Waals surface area contributed by atoms with E-state index in [0.29, 0.717) is 49.0 Å². The normalized spacial score (nSPS) is 15.0. The van der Waals surface area contributed by atoms with Crippen LogP contribution < -0.4 is 5.32 Å². The molecule has 1 atom stereocenters. The third-order valence-electron chi connectivity index (χ3n) is 6.63. The van der Waals surface area contributed by atoms with Crippen molar-refractivity contribution in [3.63, 3.8) is 0 Å². The van der Waals surface area contributed by atoms with Crippen molar-refractivity contribution in [3.8, 4) is 0 Å². The molecule has 0 radical (unpaired) electrons. The van der Waals surface area contributed by atoms with Crippen LogP contribution in [0, 0.1) is 0 Å². The van der Waals surface area contributed by atoms with Crippen molar-refractivity contribution < 1.29 is 32.2 Å². The van der Waals surface area contributed by atoms with Gasteiger partial charge in [-0.15, -0.1) is 0 Å². The van der Waals surface area contributed by atoms with Crippen molar-refractivity contribution in [1.82, 2.24) is 9.80 Å². The highest BCUT2D eigenvalue weighted by molar-refractivity contribution is 6.30. The van der Waals surface area contributed by atoms with Crippen LogP contribution in [-0.2, 0) is 22.3 Å². The number of piperazine rings is 1. The number of rotatable bonds is 8. The third kappa shape index (κ3) is 7.74. The molecule has 1 saturated heterocycles. The van der Waals surface area contributed by atoms with Gasteiger partial charge in [0.1, 0.15) is 0 Å². The summed E-state index contributed by atoms with van der Waals surface area (Å²) in [6, 6.07) is 18.5. The van der Waals surface area contributed by atoms with Gasteiger partial charge in [0, 0.05) is 37.7 Å². The number of urea groups is 1. The molecule has 3 aromatic carbocycles. The Kier molecular flexibility index (Phi) is 9.67. The number of esters is 1. The standard InChI is InChI=1S/C29H29ClF3N3O4/c1-39-27(37)24-4-2-3-5-25(24)34-28(38)36-16-14-35(15-17-36)18-26(21-8-12-23(30)13-9-21)40-19-20-6-10-22(11-7-20)29(31,32)33/h2-13,26H,14-19H2,1H3,(H,34,38)/t26-/m1/s1. The Bertz CT molecular complexity index is 1300. The van der Waals surface area contributed by atoms with E-state index in [1.54, 1.807) is 41.3 Å². The molecule has 0 aromatic heterocycles. The number of alkyl halides is 3. The first kappa shape index (κ1) is 29.4. The molecule has 0 spiro atoms. The number of hydrogen-bond acceptors (Lipinski definition) is 5. The van der Waals surface area contributed by atoms with E-state index < -0.39 is 17.7 Å². The number of hydrogen-bond donors (Lipinski definition) is 1. The van der Waals surface area contributed by atoms with E-state index >= 15 is 0 Å². The van der Waals surface area contributed by atoms with Gasteiger partial charge < -0.3 is 19.7 Å². The van der Waals surface area contributed by atoms with Gasteiger partial charge in [-0.3, -0.25) is 4.90 Å². The summed E-state index contributed by atoms with van der Waals surface area (Å²) < 4.78 is 49.7. The predicted octanol–water partition coefficient (Wildman–Crippen LogP) is 6.25. The second kappa shape index (κ2) is 13.2. The van der Waals surface area contributed by atoms with Crippen molar-refractivity contribution in [2.45, 2.75) is 18.9 Å². The zero-order valence-corrected chi connectivity index (χ0v) is 22.5. The molecule has 1 heterocycles. The van der Waals surface area contributed by atoms with Gasteiger partial charge in [0.2, 0.25) is 0 Å². The number of methoxy groups -OCH3 is 1. The monoisotopic (exact) mass is 575 g/mol. The fraction of sp³-hybridized carbons (Fsp3) is 0.310. The minimum atomic E-state index is -4.39. The molecule has 0 saturated carbocycles. The molecule has 1 aliphatic heterocycles. The number of para-hydroxylation sites is 1. The molecule has 0 unspecified atom stereocenters. The van der Waals surface area contributed by atoms with Crippen LogP contribution in [0.4, 0.5) is 23.7 Å². The molecule has 3 aromatic rings. The molecular formula is C29H29ClF3N3O4. The summed E-state index contributed by atoms with van der Waals surface area (Å²) in [6.07, 6.45) is -4.76. The minimum absolute atomic E-state index is 0.132. The van der Waals surface area contributed by atoms with Crippen LogP contribution in [0.3, 0.4) is 0 Å². The van der Waals surface area contributed by atoms with Gasteiger partial charge in [0.25, 0.3) is 0 Å². The maximum atomic E-state index is 12.9. The highest BCUT2D eigenvalue weighted by atomic mass is 35.5. The Hall–Kier alpha value is -3.60. The third-order valence-corrected chi connectivity index (χ3v) is 6.88. The Morgan fingerprint density at radius 3 is 2.23 bits per heavy atom. The predicted molar refractivity (Wildman–Crippen MR) is 145 cm³/mol. The van der Waals surface area contributed by atoms with Crippen LogP contribution in [0.5, 0.6) is 0 Å². The fourth-order valence-corrected chi connectivity index (χ4v) is 4.49. The molecule has 1 aliphatic rings. The van der Waals surface area contributed by atoms with Crippen molar-refractivity contribution >= 4 is 29.3 Å². The summed E-state index contributed by atoms with van der Waals surface area (Å²) in [5.41, 5.74) is 1.45. The number of anilines is 1. The van der Waals surface area contributed by atoms with Gasteiger partial charge in [-0.2, -0.15) is 13.2 Å². The maximum Gasteiger partial charge on any atom is 0.416 e. The van der Waals surface area contributed by atoms with E-state index in [4.69, 9.17) is 21.1 Å². The Balaban J connectivity index is 1.36. The number of nitrogens with zero attached hydrogens (tertiary/aromatic N) is 2. The summed E-state index contributed by atoms with van der Waals surface area (Å²) in [5, 5.41) is 3.38. The van der Waals surface area contributed by atoms with E-state index in [-0.39, 0.29) is 24.3 Å². The van der Waals surface area contributed by atoms with Crippen molar-refractivity contribution in [2.75, 3.05) is 45.2 Å². The largest absolute Gasteiger partial charge is 0.465 e.